The molecule has 0 unspecified atom stereocenters. The summed E-state index contributed by atoms with van der Waals surface area (Å²) in [4.78, 5) is 12.2. The Labute approximate surface area is 145 Å². The molecule has 2 fully saturated rings. The highest BCUT2D eigenvalue weighted by atomic mass is 16.3. The second kappa shape index (κ2) is 4.85. The van der Waals surface area contributed by atoms with Gasteiger partial charge in [-0.1, -0.05) is 31.4 Å². The van der Waals surface area contributed by atoms with Crippen LogP contribution >= 0.6 is 0 Å². The molecule has 4 aliphatic carbocycles. The van der Waals surface area contributed by atoms with E-state index in [9.17, 15) is 9.90 Å². The summed E-state index contributed by atoms with van der Waals surface area (Å²) in [7, 11) is 0. The van der Waals surface area contributed by atoms with Crippen molar-refractivity contribution in [1.82, 2.24) is 0 Å². The van der Waals surface area contributed by atoms with Crippen molar-refractivity contribution in [2.24, 2.45) is 28.6 Å². The smallest absolute Gasteiger partial charge is 0.158 e. The Kier molecular flexibility index (Phi) is 3.27. The zero-order valence-corrected chi connectivity index (χ0v) is 15.1. The van der Waals surface area contributed by atoms with Crippen molar-refractivity contribution < 1.29 is 9.90 Å². The maximum absolute atomic E-state index is 12.2. The molecule has 0 aromatic rings. The van der Waals surface area contributed by atoms with Crippen LogP contribution in [0.25, 0.3) is 0 Å². The van der Waals surface area contributed by atoms with Crippen molar-refractivity contribution in [3.05, 3.63) is 23.3 Å². The topological polar surface area (TPSA) is 37.3 Å². The molecule has 0 amide bonds. The molecule has 1 N–H and O–H groups in total. The summed E-state index contributed by atoms with van der Waals surface area (Å²) in [6.45, 7) is 6.61. The SMILES string of the molecule is C#C[C@]1(O)C=C[C@H]2[C@@H]3CCC4=C(C)C(=O)CC[C@]4(C)[C@H]3CC[C@@]21C. The summed E-state index contributed by atoms with van der Waals surface area (Å²) in [5.74, 6) is 4.55. The molecule has 4 aliphatic rings. The molecule has 2 nitrogen and oxygen atoms in total. The predicted octanol–water partition coefficient (Wildman–Crippen LogP) is 4.05. The van der Waals surface area contributed by atoms with Gasteiger partial charge in [-0.25, -0.2) is 0 Å². The Bertz CT molecular complexity index is 708. The summed E-state index contributed by atoms with van der Waals surface area (Å²) < 4.78 is 0. The normalized spacial score (nSPS) is 50.1. The zero-order valence-electron chi connectivity index (χ0n) is 15.1. The van der Waals surface area contributed by atoms with Gasteiger partial charge in [0.1, 0.15) is 5.60 Å². The van der Waals surface area contributed by atoms with Gasteiger partial charge in [-0.15, -0.1) is 6.42 Å². The fraction of sp³-hybridized carbons (Fsp3) is 0.682. The highest BCUT2D eigenvalue weighted by molar-refractivity contribution is 5.96. The van der Waals surface area contributed by atoms with Crippen LogP contribution in [0, 0.1) is 40.9 Å². The van der Waals surface area contributed by atoms with Gasteiger partial charge in [0, 0.05) is 11.8 Å². The summed E-state index contributed by atoms with van der Waals surface area (Å²) in [5, 5.41) is 10.9. The lowest BCUT2D eigenvalue weighted by Gasteiger charge is -2.58. The summed E-state index contributed by atoms with van der Waals surface area (Å²) in [6, 6.07) is 0. The number of fused-ring (bicyclic) bond motifs is 5. The molecule has 0 heterocycles. The van der Waals surface area contributed by atoms with Crippen molar-refractivity contribution in [1.29, 1.82) is 0 Å². The first kappa shape index (κ1) is 16.2. The third kappa shape index (κ3) is 1.75. The van der Waals surface area contributed by atoms with Crippen molar-refractivity contribution in [2.45, 2.75) is 64.9 Å². The molecule has 24 heavy (non-hydrogen) atoms. The van der Waals surface area contributed by atoms with Crippen molar-refractivity contribution in [2.75, 3.05) is 0 Å². The van der Waals surface area contributed by atoms with Gasteiger partial charge in [0.2, 0.25) is 0 Å². The first-order valence-electron chi connectivity index (χ1n) is 9.40. The van der Waals surface area contributed by atoms with Gasteiger partial charge in [0.05, 0.1) is 0 Å². The van der Waals surface area contributed by atoms with Crippen LogP contribution in [0.15, 0.2) is 23.3 Å². The molecule has 0 saturated heterocycles. The second-order valence-electron chi connectivity index (χ2n) is 9.00. The minimum Gasteiger partial charge on any atom is -0.373 e. The second-order valence-corrected chi connectivity index (χ2v) is 9.00. The fourth-order valence-electron chi connectivity index (χ4n) is 6.68. The van der Waals surface area contributed by atoms with Crippen LogP contribution in [0.5, 0.6) is 0 Å². The average Bonchev–Trinajstić information content (AvgIpc) is 2.84. The van der Waals surface area contributed by atoms with E-state index in [1.54, 1.807) is 0 Å². The first-order valence-corrected chi connectivity index (χ1v) is 9.40. The minimum absolute atomic E-state index is 0.160. The molecule has 0 aliphatic heterocycles. The molecule has 0 radical (unpaired) electrons. The zero-order chi connectivity index (χ0) is 17.3. The number of hydrogen-bond acceptors (Lipinski definition) is 2. The van der Waals surface area contributed by atoms with Crippen molar-refractivity contribution in [3.63, 3.8) is 0 Å². The van der Waals surface area contributed by atoms with Crippen molar-refractivity contribution in [3.8, 4) is 12.3 Å². The molecule has 2 heteroatoms. The number of carbonyl (C=O) groups excluding carboxylic acids is 1. The van der Waals surface area contributed by atoms with Crippen LogP contribution in [0.1, 0.15) is 59.3 Å². The quantitative estimate of drug-likeness (QED) is 0.539. The fourth-order valence-corrected chi connectivity index (χ4v) is 6.68. The van der Waals surface area contributed by atoms with E-state index in [2.05, 4.69) is 25.8 Å². The molecule has 2 saturated carbocycles. The number of carbonyl (C=O) groups is 1. The molecule has 0 aromatic carbocycles. The van der Waals surface area contributed by atoms with E-state index in [1.807, 2.05) is 13.0 Å². The van der Waals surface area contributed by atoms with E-state index in [4.69, 9.17) is 6.42 Å². The third-order valence-corrected chi connectivity index (χ3v) is 8.30. The van der Waals surface area contributed by atoms with Crippen LogP contribution in [0.2, 0.25) is 0 Å². The number of ketones is 1. The van der Waals surface area contributed by atoms with Gasteiger partial charge in [0.25, 0.3) is 0 Å². The van der Waals surface area contributed by atoms with Crippen molar-refractivity contribution >= 4 is 5.78 Å². The van der Waals surface area contributed by atoms with E-state index in [-0.39, 0.29) is 10.8 Å². The van der Waals surface area contributed by atoms with E-state index in [0.29, 0.717) is 30.0 Å². The van der Waals surface area contributed by atoms with Gasteiger partial charge < -0.3 is 5.11 Å². The maximum atomic E-state index is 12.2. The van der Waals surface area contributed by atoms with Gasteiger partial charge >= 0.3 is 0 Å². The molecule has 0 spiro atoms. The largest absolute Gasteiger partial charge is 0.373 e. The number of hydrogen-bond donors (Lipinski definition) is 1. The lowest BCUT2D eigenvalue weighted by molar-refractivity contribution is -0.119. The van der Waals surface area contributed by atoms with E-state index < -0.39 is 5.60 Å². The molecule has 6 atom stereocenters. The standard InChI is InChI=1S/C22H28O2/c1-5-22(24)13-9-18-15-6-7-16-14(2)19(23)10-11-20(16,3)17(15)8-12-21(18,22)4/h1,9,13,15,17-18,24H,6-8,10-12H2,2-4H3/t15-,17+,18+,20+,21+,22+/m1/s1. The van der Waals surface area contributed by atoms with E-state index in [1.165, 1.54) is 5.57 Å². The number of aliphatic hydroxyl groups is 1. The Balaban J connectivity index is 1.74. The monoisotopic (exact) mass is 324 g/mol. The lowest BCUT2D eigenvalue weighted by Crippen LogP contribution is -2.55. The maximum Gasteiger partial charge on any atom is 0.158 e. The molecule has 0 bridgehead atoms. The first-order chi connectivity index (χ1) is 11.3. The Morgan fingerprint density at radius 1 is 1.25 bits per heavy atom. The molecular formula is C22H28O2. The van der Waals surface area contributed by atoms with Gasteiger partial charge in [-0.3, -0.25) is 4.79 Å². The van der Waals surface area contributed by atoms with Crippen LogP contribution in [-0.4, -0.2) is 16.5 Å². The Morgan fingerprint density at radius 3 is 2.71 bits per heavy atom. The van der Waals surface area contributed by atoms with Gasteiger partial charge in [0.15, 0.2) is 5.78 Å². The molecule has 0 aromatic heterocycles. The molecule has 4 rings (SSSR count). The van der Waals surface area contributed by atoms with E-state index >= 15 is 0 Å². The third-order valence-electron chi connectivity index (χ3n) is 8.30. The van der Waals surface area contributed by atoms with Crippen LogP contribution < -0.4 is 0 Å². The highest BCUT2D eigenvalue weighted by Gasteiger charge is 2.61. The Morgan fingerprint density at radius 2 is 2.00 bits per heavy atom. The summed E-state index contributed by atoms with van der Waals surface area (Å²) >= 11 is 0. The Hall–Kier alpha value is -1.33. The predicted molar refractivity (Wildman–Crippen MR) is 95.0 cm³/mol. The minimum atomic E-state index is -1.10. The lowest BCUT2D eigenvalue weighted by atomic mass is 9.46. The number of terminal acetylenes is 1. The molecule has 128 valence electrons. The van der Waals surface area contributed by atoms with E-state index in [0.717, 1.165) is 37.7 Å². The summed E-state index contributed by atoms with van der Waals surface area (Å²) in [5.41, 5.74) is 1.29. The number of allylic oxidation sites excluding steroid dienone is 3. The van der Waals surface area contributed by atoms with Gasteiger partial charge in [-0.2, -0.15) is 0 Å². The summed E-state index contributed by atoms with van der Waals surface area (Å²) in [6.07, 6.45) is 15.7. The van der Waals surface area contributed by atoms with Crippen LogP contribution in [0.3, 0.4) is 0 Å². The number of Topliss-reactive ketones (excluding diaryl/α,β-unsaturated/α-hetero) is 1. The average molecular weight is 324 g/mol. The van der Waals surface area contributed by atoms with Gasteiger partial charge in [-0.05, 0) is 73.8 Å². The van der Waals surface area contributed by atoms with Crippen LogP contribution in [0.4, 0.5) is 0 Å². The number of rotatable bonds is 0. The molecular weight excluding hydrogens is 296 g/mol. The highest BCUT2D eigenvalue weighted by Crippen LogP contribution is 2.66. The van der Waals surface area contributed by atoms with Crippen LogP contribution in [-0.2, 0) is 4.79 Å².